The maximum atomic E-state index is 16.6. The van der Waals surface area contributed by atoms with E-state index in [4.69, 9.17) is 28.4 Å². The summed E-state index contributed by atoms with van der Waals surface area (Å²) in [7, 11) is 0. The second-order valence-corrected chi connectivity index (χ2v) is 36.4. The SMILES string of the molecule is CC(C)C(C(=O)NC1CCC(NCC2CO2)CC1)N1C(=O)c2cc(Oc3ccc(C(C)(C)C)cc3)c3c4c(Oc5ccc(C(C)(C)C)cc5)cc5c6c(cc(Oc7ccc(C(C)(C)C)cc7)c(c7c(Oc8ccc(C(C)(C)C)cc8)cc(c2c37)C1=O)c64)C(=O)N(C(C(=O)NC1CCC(NCC2CO2)CC1)C(C)C)C5=O. The average Bonchev–Trinajstić information content (AvgIpc) is 0.908. The molecule has 4 aliphatic heterocycles. The lowest BCUT2D eigenvalue weighted by molar-refractivity contribution is -0.128. The highest BCUT2D eigenvalue weighted by atomic mass is 16.6. The lowest BCUT2D eigenvalue weighted by Crippen LogP contribution is -2.57. The summed E-state index contributed by atoms with van der Waals surface area (Å²) >= 11 is 0. The standard InChI is InChI=1S/C92H106N6O12/c1-49(2)81(83(99)95-57-29-25-55(26-30-57)93-45-63-47-105-63)97-85(101)65-41-69(107-59-33-17-51(18-34-59)89(5,6)7)75-77-71(109-61-37-21-53(22-38-61)91(11,12)13)43-67-74-68(88(104)98(87(67)103)82(50(3)4)84(100)96-58-31-27-56(28-32-58)94-46-64-48-106-64)44-72(110-62-39-23-54(24-40-62)92(14,15)16)78(80(74)77)76-70(42-66(86(97)102)73(65)79(75)76)108-60-35-19-52(20-36-60)90(8,9)10/h17-24,33-44,49-50,55-58,63-64,81-82,93-94H,25-32,45-48H2,1-16H3,(H,95,99)(H,96,100). The molecule has 15 rings (SSSR count). The lowest BCUT2D eigenvalue weighted by atomic mass is 9.80. The highest BCUT2D eigenvalue weighted by Crippen LogP contribution is 2.59. The third-order valence-electron chi connectivity index (χ3n) is 23.3. The van der Waals surface area contributed by atoms with Crippen LogP contribution >= 0.6 is 0 Å². The molecule has 9 aromatic carbocycles. The van der Waals surface area contributed by atoms with E-state index in [0.717, 1.165) is 84.0 Å². The molecule has 9 aromatic rings. The van der Waals surface area contributed by atoms with Crippen molar-refractivity contribution in [3.05, 3.63) is 166 Å². The van der Waals surface area contributed by atoms with Gasteiger partial charge in [0, 0.05) is 80.3 Å². The molecule has 2 aliphatic carbocycles. The van der Waals surface area contributed by atoms with Gasteiger partial charge < -0.3 is 49.7 Å². The molecule has 576 valence electrons. The van der Waals surface area contributed by atoms with Crippen LogP contribution in [0.4, 0.5) is 0 Å². The third kappa shape index (κ3) is 14.9. The number of carbonyl (C=O) groups excluding carboxylic acids is 6. The molecule has 18 nitrogen and oxygen atoms in total. The Bertz CT molecular complexity index is 4510. The van der Waals surface area contributed by atoms with Crippen LogP contribution in [0.15, 0.2) is 121 Å². The molecule has 6 amide bonds. The smallest absolute Gasteiger partial charge is 0.262 e. The van der Waals surface area contributed by atoms with E-state index in [9.17, 15) is 0 Å². The first-order valence-corrected chi connectivity index (χ1v) is 39.7. The topological polar surface area (TPSA) is 219 Å². The highest BCUT2D eigenvalue weighted by molar-refractivity contribution is 6.45. The Labute approximate surface area is 645 Å². The van der Waals surface area contributed by atoms with E-state index in [0.29, 0.717) is 81.0 Å². The third-order valence-corrected chi connectivity index (χ3v) is 23.3. The summed E-state index contributed by atoms with van der Waals surface area (Å²) in [5.74, 6) is -2.66. The van der Waals surface area contributed by atoms with Crippen LogP contribution in [0.5, 0.6) is 46.0 Å². The maximum Gasteiger partial charge on any atom is 0.262 e. The first-order valence-electron chi connectivity index (χ1n) is 39.7. The van der Waals surface area contributed by atoms with E-state index in [1.165, 1.54) is 0 Å². The number of ether oxygens (including phenoxy) is 6. The Hall–Kier alpha value is -9.46. The molecular weight excluding hydrogens is 1380 g/mol. The van der Waals surface area contributed by atoms with Crippen molar-refractivity contribution < 1.29 is 57.2 Å². The van der Waals surface area contributed by atoms with Crippen molar-refractivity contribution in [3.63, 3.8) is 0 Å². The number of hydrogen-bond donors (Lipinski definition) is 4. The van der Waals surface area contributed by atoms with E-state index in [-0.39, 0.29) is 114 Å². The molecule has 4 N–H and O–H groups in total. The van der Waals surface area contributed by atoms with Gasteiger partial charge in [0.25, 0.3) is 23.6 Å². The van der Waals surface area contributed by atoms with Crippen molar-refractivity contribution in [2.75, 3.05) is 26.3 Å². The van der Waals surface area contributed by atoms with Gasteiger partial charge in [-0.3, -0.25) is 38.6 Å². The molecule has 0 spiro atoms. The van der Waals surface area contributed by atoms with Crippen LogP contribution in [0.1, 0.15) is 226 Å². The van der Waals surface area contributed by atoms with Gasteiger partial charge in [0.1, 0.15) is 58.1 Å². The Morgan fingerprint density at radius 3 is 0.800 bits per heavy atom. The molecule has 4 unspecified atom stereocenters. The van der Waals surface area contributed by atoms with Gasteiger partial charge >= 0.3 is 0 Å². The van der Waals surface area contributed by atoms with Crippen LogP contribution in [-0.4, -0.2) is 120 Å². The van der Waals surface area contributed by atoms with E-state index >= 15 is 28.8 Å². The van der Waals surface area contributed by atoms with Gasteiger partial charge in [0.05, 0.1) is 47.7 Å². The van der Waals surface area contributed by atoms with Gasteiger partial charge in [-0.1, -0.05) is 159 Å². The number of carbonyl (C=O) groups is 6. The molecule has 110 heavy (non-hydrogen) atoms. The Morgan fingerprint density at radius 2 is 0.591 bits per heavy atom. The Balaban J connectivity index is 1.01. The van der Waals surface area contributed by atoms with Gasteiger partial charge in [-0.05, 0) is 180 Å². The fraction of sp³-hybridized carbons (Fsp3) is 0.457. The monoisotopic (exact) mass is 1490 g/mol. The van der Waals surface area contributed by atoms with Crippen molar-refractivity contribution in [1.29, 1.82) is 0 Å². The molecular formula is C92H106N6O12. The number of imide groups is 2. The molecule has 2 saturated heterocycles. The van der Waals surface area contributed by atoms with Gasteiger partial charge in [-0.25, -0.2) is 0 Å². The predicted molar refractivity (Wildman–Crippen MR) is 431 cm³/mol. The number of benzene rings is 9. The Morgan fingerprint density at radius 1 is 0.364 bits per heavy atom. The number of fused-ring (bicyclic) bond motifs is 2. The molecule has 18 heteroatoms. The normalized spacial score (nSPS) is 20.8. The second kappa shape index (κ2) is 29.0. The fourth-order valence-corrected chi connectivity index (χ4v) is 16.8. The van der Waals surface area contributed by atoms with E-state index in [2.05, 4.69) is 104 Å². The minimum atomic E-state index is -1.27. The largest absolute Gasteiger partial charge is 0.457 e. The average molecular weight is 1490 g/mol. The van der Waals surface area contributed by atoms with Crippen molar-refractivity contribution >= 4 is 78.5 Å². The highest BCUT2D eigenvalue weighted by Gasteiger charge is 2.48. The summed E-state index contributed by atoms with van der Waals surface area (Å²) in [6, 6.07) is 35.4. The van der Waals surface area contributed by atoms with Gasteiger partial charge in [-0.15, -0.1) is 0 Å². The zero-order valence-electron chi connectivity index (χ0n) is 66.6. The van der Waals surface area contributed by atoms with Crippen molar-refractivity contribution in [3.8, 4) is 46.0 Å². The number of amides is 6. The predicted octanol–water partition coefficient (Wildman–Crippen LogP) is 18.2. The number of epoxide rings is 2. The molecule has 0 aromatic heterocycles. The van der Waals surface area contributed by atoms with E-state index in [1.54, 1.807) is 24.3 Å². The van der Waals surface area contributed by atoms with Crippen molar-refractivity contribution in [1.82, 2.24) is 31.1 Å². The van der Waals surface area contributed by atoms with Crippen molar-refractivity contribution in [2.24, 2.45) is 11.8 Å². The molecule has 2 saturated carbocycles. The maximum absolute atomic E-state index is 16.6. The van der Waals surface area contributed by atoms with Crippen LogP contribution in [0.25, 0.3) is 43.1 Å². The number of nitrogens with one attached hydrogen (secondary N) is 4. The zero-order valence-corrected chi connectivity index (χ0v) is 66.6. The van der Waals surface area contributed by atoms with Gasteiger partial charge in [0.15, 0.2) is 0 Å². The summed E-state index contributed by atoms with van der Waals surface area (Å²) < 4.78 is 40.6. The Kier molecular flexibility index (Phi) is 20.0. The quantitative estimate of drug-likeness (QED) is 0.0215. The van der Waals surface area contributed by atoms with Crippen LogP contribution < -0.4 is 40.2 Å². The molecule has 0 bridgehead atoms. The van der Waals surface area contributed by atoms with Crippen molar-refractivity contribution in [2.45, 2.75) is 232 Å². The summed E-state index contributed by atoms with van der Waals surface area (Å²) in [4.78, 5) is 99.3. The fourth-order valence-electron chi connectivity index (χ4n) is 16.8. The lowest BCUT2D eigenvalue weighted by Gasteiger charge is -2.38. The molecule has 6 aliphatic rings. The summed E-state index contributed by atoms with van der Waals surface area (Å²) in [5.41, 5.74) is 3.50. The molecule has 0 radical (unpaired) electrons. The first-order chi connectivity index (χ1) is 52.2. The summed E-state index contributed by atoms with van der Waals surface area (Å²) in [5, 5.41) is 16.5. The minimum absolute atomic E-state index is 0.0774. The minimum Gasteiger partial charge on any atom is -0.457 e. The molecule has 4 fully saturated rings. The molecule has 4 heterocycles. The van der Waals surface area contributed by atoms with Crippen LogP contribution in [0, 0.1) is 11.8 Å². The van der Waals surface area contributed by atoms with E-state index < -0.39 is 59.4 Å². The number of rotatable bonds is 22. The zero-order chi connectivity index (χ0) is 77.9. The van der Waals surface area contributed by atoms with Crippen LogP contribution in [0.3, 0.4) is 0 Å². The molecule has 4 atom stereocenters. The van der Waals surface area contributed by atoms with E-state index in [1.807, 2.05) is 125 Å². The second-order valence-electron chi connectivity index (χ2n) is 36.4. The van der Waals surface area contributed by atoms with Crippen LogP contribution in [0.2, 0.25) is 0 Å². The van der Waals surface area contributed by atoms with Crippen LogP contribution in [-0.2, 0) is 40.7 Å². The van der Waals surface area contributed by atoms with Gasteiger partial charge in [0.2, 0.25) is 11.8 Å². The summed E-state index contributed by atoms with van der Waals surface area (Å²) in [6.07, 6.45) is 6.63. The first kappa shape index (κ1) is 75.9. The number of hydrogen-bond acceptors (Lipinski definition) is 14. The summed E-state index contributed by atoms with van der Waals surface area (Å²) in [6.45, 7) is 36.1. The number of nitrogens with zero attached hydrogens (tertiary/aromatic N) is 2. The van der Waals surface area contributed by atoms with Gasteiger partial charge in [-0.2, -0.15) is 0 Å².